The lowest BCUT2D eigenvalue weighted by molar-refractivity contribution is -0.130. The number of hydrogen-bond acceptors (Lipinski definition) is 4. The minimum atomic E-state index is -3.71. The summed E-state index contributed by atoms with van der Waals surface area (Å²) in [7, 11) is -0.755. The average Bonchev–Trinajstić information content (AvgIpc) is 2.88. The first-order chi connectivity index (χ1) is 10.4. The van der Waals surface area contributed by atoms with E-state index >= 15 is 0 Å². The van der Waals surface area contributed by atoms with Crippen molar-refractivity contribution in [2.24, 2.45) is 0 Å². The van der Waals surface area contributed by atoms with Gasteiger partial charge in [0, 0.05) is 20.1 Å². The van der Waals surface area contributed by atoms with Crippen molar-refractivity contribution in [2.75, 3.05) is 27.2 Å². The molecule has 1 aliphatic heterocycles. The molecule has 6 nitrogen and oxygen atoms in total. The topological polar surface area (TPSA) is 66.9 Å². The molecule has 120 valence electrons. The summed E-state index contributed by atoms with van der Waals surface area (Å²) < 4.78 is 31.4. The van der Waals surface area contributed by atoms with E-state index in [9.17, 15) is 13.2 Å². The number of ether oxygens (including phenoxy) is 1. The summed E-state index contributed by atoms with van der Waals surface area (Å²) in [5, 5.41) is 0. The molecule has 1 aliphatic rings. The Hall–Kier alpha value is -1.86. The van der Waals surface area contributed by atoms with Gasteiger partial charge in [-0.1, -0.05) is 6.08 Å². The Morgan fingerprint density at radius 2 is 2.05 bits per heavy atom. The zero-order valence-electron chi connectivity index (χ0n) is 12.7. The van der Waals surface area contributed by atoms with E-state index in [1.807, 2.05) is 0 Å². The van der Waals surface area contributed by atoms with Crippen LogP contribution in [0.25, 0.3) is 0 Å². The Labute approximate surface area is 131 Å². The van der Waals surface area contributed by atoms with Crippen LogP contribution in [0.3, 0.4) is 0 Å². The van der Waals surface area contributed by atoms with Gasteiger partial charge in [-0.2, -0.15) is 4.31 Å². The van der Waals surface area contributed by atoms with Gasteiger partial charge in [0.15, 0.2) is 0 Å². The minimum absolute atomic E-state index is 0.144. The second kappa shape index (κ2) is 6.50. The third-order valence-corrected chi connectivity index (χ3v) is 5.67. The molecule has 1 aromatic carbocycles. The van der Waals surface area contributed by atoms with Crippen LogP contribution in [0.4, 0.5) is 0 Å². The number of amides is 1. The molecule has 1 unspecified atom stereocenters. The lowest BCUT2D eigenvalue weighted by Crippen LogP contribution is -2.42. The van der Waals surface area contributed by atoms with E-state index in [1.54, 1.807) is 23.1 Å². The van der Waals surface area contributed by atoms with Crippen molar-refractivity contribution < 1.29 is 17.9 Å². The molecule has 0 bridgehead atoms. The predicted octanol–water partition coefficient (Wildman–Crippen LogP) is 1.10. The van der Waals surface area contributed by atoms with Gasteiger partial charge < -0.3 is 9.64 Å². The Kier molecular flexibility index (Phi) is 4.87. The molecule has 1 amide bonds. The highest BCUT2D eigenvalue weighted by molar-refractivity contribution is 7.89. The summed E-state index contributed by atoms with van der Waals surface area (Å²) in [5.74, 6) is 0.398. The second-order valence-corrected chi connectivity index (χ2v) is 7.07. The van der Waals surface area contributed by atoms with E-state index in [1.165, 1.54) is 26.3 Å². The molecule has 0 spiro atoms. The third-order valence-electron chi connectivity index (χ3n) is 3.79. The Balaban J connectivity index is 2.21. The fourth-order valence-corrected chi connectivity index (χ4v) is 3.82. The van der Waals surface area contributed by atoms with Crippen molar-refractivity contribution in [1.29, 1.82) is 0 Å². The first kappa shape index (κ1) is 16.5. The highest BCUT2D eigenvalue weighted by atomic mass is 32.2. The van der Waals surface area contributed by atoms with E-state index < -0.39 is 16.1 Å². The SMILES string of the molecule is C=CCN1CCC(N(C)S(=O)(=O)c2ccc(OC)cc2)C1=O. The number of likely N-dealkylation sites (N-methyl/N-ethyl adjacent to an activating group) is 1. The molecular formula is C15H20N2O4S. The molecular weight excluding hydrogens is 304 g/mol. The van der Waals surface area contributed by atoms with Crippen LogP contribution in [0, 0.1) is 0 Å². The van der Waals surface area contributed by atoms with Crippen molar-refractivity contribution in [1.82, 2.24) is 9.21 Å². The molecule has 1 heterocycles. The van der Waals surface area contributed by atoms with E-state index in [0.29, 0.717) is 25.3 Å². The van der Waals surface area contributed by atoms with E-state index in [4.69, 9.17) is 4.74 Å². The summed E-state index contributed by atoms with van der Waals surface area (Å²) >= 11 is 0. The van der Waals surface area contributed by atoms with Crippen LogP contribution in [-0.2, 0) is 14.8 Å². The predicted molar refractivity (Wildman–Crippen MR) is 83.1 cm³/mol. The molecule has 2 rings (SSSR count). The lowest BCUT2D eigenvalue weighted by Gasteiger charge is -2.23. The third kappa shape index (κ3) is 3.00. The van der Waals surface area contributed by atoms with Crippen LogP contribution in [-0.4, -0.2) is 56.8 Å². The molecule has 7 heteroatoms. The van der Waals surface area contributed by atoms with E-state index in [2.05, 4.69) is 6.58 Å². The van der Waals surface area contributed by atoms with Crippen LogP contribution < -0.4 is 4.74 Å². The van der Waals surface area contributed by atoms with Crippen molar-refractivity contribution >= 4 is 15.9 Å². The molecule has 0 aliphatic carbocycles. The zero-order valence-corrected chi connectivity index (χ0v) is 13.5. The van der Waals surface area contributed by atoms with Crippen molar-refractivity contribution in [3.63, 3.8) is 0 Å². The molecule has 1 atom stereocenters. The quantitative estimate of drug-likeness (QED) is 0.735. The van der Waals surface area contributed by atoms with Crippen LogP contribution in [0.15, 0.2) is 41.8 Å². The monoisotopic (exact) mass is 324 g/mol. The van der Waals surface area contributed by atoms with Gasteiger partial charge in [0.05, 0.1) is 12.0 Å². The average molecular weight is 324 g/mol. The fourth-order valence-electron chi connectivity index (χ4n) is 2.48. The summed E-state index contributed by atoms with van der Waals surface area (Å²) in [4.78, 5) is 14.0. The van der Waals surface area contributed by atoms with E-state index in [0.717, 1.165) is 4.31 Å². The summed E-state index contributed by atoms with van der Waals surface area (Å²) in [6, 6.07) is 5.46. The minimum Gasteiger partial charge on any atom is -0.497 e. The second-order valence-electron chi connectivity index (χ2n) is 5.07. The number of rotatable bonds is 6. The maximum absolute atomic E-state index is 12.6. The smallest absolute Gasteiger partial charge is 0.243 e. The summed E-state index contributed by atoms with van der Waals surface area (Å²) in [6.07, 6.45) is 2.12. The van der Waals surface area contributed by atoms with Gasteiger partial charge in [0.1, 0.15) is 11.8 Å². The zero-order chi connectivity index (χ0) is 16.3. The van der Waals surface area contributed by atoms with Crippen LogP contribution >= 0.6 is 0 Å². The fraction of sp³-hybridized carbons (Fsp3) is 0.400. The maximum Gasteiger partial charge on any atom is 0.243 e. The lowest BCUT2D eigenvalue weighted by atomic mass is 10.2. The highest BCUT2D eigenvalue weighted by Gasteiger charge is 2.39. The molecule has 22 heavy (non-hydrogen) atoms. The molecule has 1 saturated heterocycles. The first-order valence-corrected chi connectivity index (χ1v) is 8.37. The largest absolute Gasteiger partial charge is 0.497 e. The van der Waals surface area contributed by atoms with Gasteiger partial charge in [-0.3, -0.25) is 4.79 Å². The van der Waals surface area contributed by atoms with Gasteiger partial charge >= 0.3 is 0 Å². The van der Waals surface area contributed by atoms with Gasteiger partial charge in [-0.15, -0.1) is 6.58 Å². The molecule has 1 fully saturated rings. The van der Waals surface area contributed by atoms with Crippen molar-refractivity contribution in [3.8, 4) is 5.75 Å². The number of carbonyl (C=O) groups is 1. The van der Waals surface area contributed by atoms with E-state index in [-0.39, 0.29) is 10.8 Å². The van der Waals surface area contributed by atoms with Gasteiger partial charge in [0.2, 0.25) is 15.9 Å². The number of hydrogen-bond donors (Lipinski definition) is 0. The standard InChI is InChI=1S/C15H20N2O4S/c1-4-10-17-11-9-14(15(17)18)16(2)22(19,20)13-7-5-12(21-3)6-8-13/h4-8,14H,1,9-11H2,2-3H3. The molecule has 0 radical (unpaired) electrons. The molecule has 1 aromatic rings. The molecule has 0 N–H and O–H groups in total. The number of methoxy groups -OCH3 is 1. The normalized spacial score (nSPS) is 18.8. The number of benzene rings is 1. The van der Waals surface area contributed by atoms with Crippen LogP contribution in [0.5, 0.6) is 5.75 Å². The Morgan fingerprint density at radius 3 is 2.59 bits per heavy atom. The maximum atomic E-state index is 12.6. The number of sulfonamides is 1. The summed E-state index contributed by atoms with van der Waals surface area (Å²) in [5.41, 5.74) is 0. The Bertz CT molecular complexity index is 655. The molecule has 0 saturated carbocycles. The van der Waals surface area contributed by atoms with Crippen molar-refractivity contribution in [3.05, 3.63) is 36.9 Å². The highest BCUT2D eigenvalue weighted by Crippen LogP contribution is 2.24. The number of nitrogens with zero attached hydrogens (tertiary/aromatic N) is 2. The van der Waals surface area contributed by atoms with Gasteiger partial charge in [-0.05, 0) is 30.7 Å². The summed E-state index contributed by atoms with van der Waals surface area (Å²) in [6.45, 7) is 4.58. The molecule has 0 aromatic heterocycles. The van der Waals surface area contributed by atoms with Crippen LogP contribution in [0.2, 0.25) is 0 Å². The number of likely N-dealkylation sites (tertiary alicyclic amines) is 1. The number of carbonyl (C=O) groups excluding carboxylic acids is 1. The Morgan fingerprint density at radius 1 is 1.41 bits per heavy atom. The van der Waals surface area contributed by atoms with Crippen LogP contribution in [0.1, 0.15) is 6.42 Å². The van der Waals surface area contributed by atoms with Gasteiger partial charge in [0.25, 0.3) is 0 Å². The van der Waals surface area contributed by atoms with Crippen molar-refractivity contribution in [2.45, 2.75) is 17.4 Å². The first-order valence-electron chi connectivity index (χ1n) is 6.93. The van der Waals surface area contributed by atoms with Gasteiger partial charge in [-0.25, -0.2) is 8.42 Å².